The van der Waals surface area contributed by atoms with Gasteiger partial charge in [0.15, 0.2) is 5.57 Å². The summed E-state index contributed by atoms with van der Waals surface area (Å²) >= 11 is 13.2. The average Bonchev–Trinajstić information content (AvgIpc) is 2.92. The molecule has 0 unspecified atom stereocenters. The molecule has 5 nitrogen and oxygen atoms in total. The second-order valence-corrected chi connectivity index (χ2v) is 7.06. The van der Waals surface area contributed by atoms with Crippen LogP contribution in [0.3, 0.4) is 0 Å². The number of hydrogen-bond acceptors (Lipinski definition) is 5. The topological polar surface area (TPSA) is 78.8 Å². The lowest BCUT2D eigenvalue weighted by molar-refractivity contribution is 0.141. The molecule has 1 heterocycles. The Kier molecular flexibility index (Phi) is 7.44. The predicted molar refractivity (Wildman–Crippen MR) is 104 cm³/mol. The Balaban J connectivity index is 2.61. The Morgan fingerprint density at radius 3 is 2.69 bits per heavy atom. The SMILES string of the molecule is CCOCCCn1c(=C(C#N)C#N)s/c(=C/c2ccc(Cl)cc2Cl)c1=O. The maximum absolute atomic E-state index is 12.8. The summed E-state index contributed by atoms with van der Waals surface area (Å²) in [6, 6.07) is 8.68. The zero-order valence-electron chi connectivity index (χ0n) is 14.0. The fourth-order valence-corrected chi connectivity index (χ4v) is 3.79. The van der Waals surface area contributed by atoms with Crippen molar-refractivity contribution in [3.8, 4) is 12.1 Å². The summed E-state index contributed by atoms with van der Waals surface area (Å²) in [7, 11) is 0. The first-order chi connectivity index (χ1) is 12.5. The zero-order valence-corrected chi connectivity index (χ0v) is 16.3. The van der Waals surface area contributed by atoms with Gasteiger partial charge in [0.1, 0.15) is 16.8 Å². The first-order valence-corrected chi connectivity index (χ1v) is 9.37. The normalized spacial score (nSPS) is 11.2. The molecule has 0 N–H and O–H groups in total. The molecule has 1 aromatic heterocycles. The van der Waals surface area contributed by atoms with E-state index in [1.54, 1.807) is 24.3 Å². The quantitative estimate of drug-likeness (QED) is 0.689. The van der Waals surface area contributed by atoms with Crippen molar-refractivity contribution < 1.29 is 4.74 Å². The molecule has 2 rings (SSSR count). The van der Waals surface area contributed by atoms with Gasteiger partial charge in [-0.05, 0) is 37.1 Å². The van der Waals surface area contributed by atoms with Crippen LogP contribution in [0.4, 0.5) is 0 Å². The third-order valence-corrected chi connectivity index (χ3v) is 5.16. The molecule has 0 radical (unpaired) electrons. The van der Waals surface area contributed by atoms with Gasteiger partial charge in [-0.1, -0.05) is 29.3 Å². The van der Waals surface area contributed by atoms with Crippen LogP contribution in [-0.2, 0) is 11.3 Å². The van der Waals surface area contributed by atoms with Crippen molar-refractivity contribution in [1.29, 1.82) is 10.5 Å². The molecular formula is C18H15Cl2N3O2S. The Labute approximate surface area is 164 Å². The van der Waals surface area contributed by atoms with E-state index >= 15 is 0 Å². The molecule has 0 saturated carbocycles. The Bertz CT molecular complexity index is 1040. The highest BCUT2D eigenvalue weighted by atomic mass is 35.5. The number of aromatic nitrogens is 1. The molecule has 134 valence electrons. The standard InChI is InChI=1S/C18H15Cl2N3O2S/c1-2-25-7-3-6-23-17(24)16(26-18(23)13(10-21)11-22)8-12-4-5-14(19)9-15(12)20/h4-5,8-9H,2-3,6-7H2,1H3/b16-8+. The molecule has 0 fully saturated rings. The van der Waals surface area contributed by atoms with E-state index in [0.717, 1.165) is 11.3 Å². The van der Waals surface area contributed by atoms with E-state index in [4.69, 9.17) is 27.9 Å². The minimum absolute atomic E-state index is 0.0923. The van der Waals surface area contributed by atoms with E-state index in [1.807, 2.05) is 19.1 Å². The summed E-state index contributed by atoms with van der Waals surface area (Å²) in [5, 5.41) is 19.3. The van der Waals surface area contributed by atoms with Gasteiger partial charge >= 0.3 is 0 Å². The van der Waals surface area contributed by atoms with Gasteiger partial charge in [0, 0.05) is 29.8 Å². The van der Waals surface area contributed by atoms with Crippen molar-refractivity contribution >= 4 is 46.2 Å². The molecule has 0 saturated heterocycles. The third kappa shape index (κ3) is 4.75. The minimum Gasteiger partial charge on any atom is -0.382 e. The van der Waals surface area contributed by atoms with Crippen LogP contribution in [0.15, 0.2) is 23.0 Å². The minimum atomic E-state index is -0.268. The average molecular weight is 408 g/mol. The molecule has 0 aliphatic rings. The number of halogens is 2. The monoisotopic (exact) mass is 407 g/mol. The Hall–Kier alpha value is -2.09. The number of thiazole rings is 1. The van der Waals surface area contributed by atoms with Gasteiger partial charge in [-0.2, -0.15) is 10.5 Å². The summed E-state index contributed by atoms with van der Waals surface area (Å²) in [6.45, 7) is 3.34. The van der Waals surface area contributed by atoms with Crippen molar-refractivity contribution in [3.63, 3.8) is 0 Å². The highest BCUT2D eigenvalue weighted by Gasteiger charge is 2.10. The molecule has 26 heavy (non-hydrogen) atoms. The zero-order chi connectivity index (χ0) is 19.1. The van der Waals surface area contributed by atoms with E-state index in [9.17, 15) is 15.3 Å². The largest absolute Gasteiger partial charge is 0.382 e. The highest BCUT2D eigenvalue weighted by molar-refractivity contribution is 7.07. The van der Waals surface area contributed by atoms with Gasteiger partial charge < -0.3 is 4.74 Å². The van der Waals surface area contributed by atoms with E-state index in [1.165, 1.54) is 4.57 Å². The smallest absolute Gasteiger partial charge is 0.269 e. The first kappa shape index (κ1) is 20.2. The van der Waals surface area contributed by atoms with Gasteiger partial charge in [-0.3, -0.25) is 9.36 Å². The van der Waals surface area contributed by atoms with Crippen LogP contribution in [0.2, 0.25) is 10.0 Å². The van der Waals surface area contributed by atoms with Crippen LogP contribution in [-0.4, -0.2) is 17.8 Å². The summed E-state index contributed by atoms with van der Waals surface area (Å²) in [5.74, 6) is 0. The number of rotatable bonds is 6. The second-order valence-electron chi connectivity index (χ2n) is 5.19. The first-order valence-electron chi connectivity index (χ1n) is 7.80. The molecule has 0 spiro atoms. The summed E-state index contributed by atoms with van der Waals surface area (Å²) in [5.41, 5.74) is 0.277. The van der Waals surface area contributed by atoms with Crippen molar-refractivity contribution in [2.24, 2.45) is 0 Å². The molecule has 1 aromatic carbocycles. The van der Waals surface area contributed by atoms with E-state index in [-0.39, 0.29) is 11.1 Å². The molecule has 0 aliphatic heterocycles. The lowest BCUT2D eigenvalue weighted by Crippen LogP contribution is -2.32. The van der Waals surface area contributed by atoms with Crippen molar-refractivity contribution in [3.05, 3.63) is 53.4 Å². The molecule has 2 aromatic rings. The Morgan fingerprint density at radius 1 is 1.35 bits per heavy atom. The lowest BCUT2D eigenvalue weighted by atomic mass is 10.2. The van der Waals surface area contributed by atoms with Crippen molar-refractivity contribution in [2.75, 3.05) is 13.2 Å². The molecule has 8 heteroatoms. The maximum Gasteiger partial charge on any atom is 0.269 e. The lowest BCUT2D eigenvalue weighted by Gasteiger charge is -2.02. The summed E-state index contributed by atoms with van der Waals surface area (Å²) in [4.78, 5) is 12.8. The van der Waals surface area contributed by atoms with Crippen LogP contribution in [0.1, 0.15) is 18.9 Å². The number of nitrogens with zero attached hydrogens (tertiary/aromatic N) is 3. The second kappa shape index (κ2) is 9.56. The number of nitriles is 2. The van der Waals surface area contributed by atoms with Gasteiger partial charge in [-0.15, -0.1) is 11.3 Å². The fourth-order valence-electron chi connectivity index (χ4n) is 2.26. The molecular weight excluding hydrogens is 393 g/mol. The molecule has 0 amide bonds. The van der Waals surface area contributed by atoms with Gasteiger partial charge in [0.25, 0.3) is 5.56 Å². The third-order valence-electron chi connectivity index (χ3n) is 3.47. The van der Waals surface area contributed by atoms with Crippen LogP contribution in [0.5, 0.6) is 0 Å². The van der Waals surface area contributed by atoms with Crippen LogP contribution in [0, 0.1) is 22.7 Å². The van der Waals surface area contributed by atoms with E-state index in [2.05, 4.69) is 0 Å². The van der Waals surface area contributed by atoms with Gasteiger partial charge in [-0.25, -0.2) is 0 Å². The van der Waals surface area contributed by atoms with Crippen LogP contribution in [0.25, 0.3) is 11.6 Å². The Morgan fingerprint density at radius 2 is 2.08 bits per heavy atom. The number of benzene rings is 1. The van der Waals surface area contributed by atoms with Crippen molar-refractivity contribution in [2.45, 2.75) is 19.9 Å². The molecule has 0 aliphatic carbocycles. The van der Waals surface area contributed by atoms with Crippen molar-refractivity contribution in [1.82, 2.24) is 4.57 Å². The number of ether oxygens (including phenoxy) is 1. The summed E-state index contributed by atoms with van der Waals surface area (Å²) < 4.78 is 7.47. The van der Waals surface area contributed by atoms with E-state index < -0.39 is 0 Å². The molecule has 0 bridgehead atoms. The molecule has 0 atom stereocenters. The van der Waals surface area contributed by atoms with Gasteiger partial charge in [0.05, 0.1) is 4.53 Å². The maximum atomic E-state index is 12.8. The fraction of sp³-hybridized carbons (Fsp3) is 0.278. The highest BCUT2D eigenvalue weighted by Crippen LogP contribution is 2.21. The number of hydrogen-bond donors (Lipinski definition) is 0. The summed E-state index contributed by atoms with van der Waals surface area (Å²) in [6.07, 6.45) is 2.24. The van der Waals surface area contributed by atoms with E-state index in [0.29, 0.717) is 51.0 Å². The van der Waals surface area contributed by atoms with Crippen LogP contribution < -0.4 is 14.8 Å². The predicted octanol–water partition coefficient (Wildman–Crippen LogP) is 2.67. The van der Waals surface area contributed by atoms with Gasteiger partial charge in [0.2, 0.25) is 0 Å². The van der Waals surface area contributed by atoms with Crippen LogP contribution >= 0.6 is 34.5 Å².